The molecule has 0 saturated carbocycles. The zero-order valence-corrected chi connectivity index (χ0v) is 14.7. The number of nitrogens with one attached hydrogen (secondary N) is 1. The minimum atomic E-state index is -0.125. The second-order valence-electron chi connectivity index (χ2n) is 6.33. The molecular formula is C20H19ClN2O2. The molecule has 2 aromatic carbocycles. The van der Waals surface area contributed by atoms with Gasteiger partial charge in [0.1, 0.15) is 11.8 Å². The number of hydrogen-bond donors (Lipinski definition) is 1. The van der Waals surface area contributed by atoms with Crippen LogP contribution < -0.4 is 0 Å². The van der Waals surface area contributed by atoms with Crippen LogP contribution in [-0.4, -0.2) is 35.5 Å². The summed E-state index contributed by atoms with van der Waals surface area (Å²) in [6, 6.07) is 15.6. The van der Waals surface area contributed by atoms with Crippen molar-refractivity contribution in [1.82, 2.24) is 9.88 Å². The number of aromatic nitrogens is 1. The summed E-state index contributed by atoms with van der Waals surface area (Å²) in [6.07, 6.45) is -0.125. The molecule has 1 N–H and O–H groups in total. The van der Waals surface area contributed by atoms with Gasteiger partial charge in [-0.15, -0.1) is 0 Å². The van der Waals surface area contributed by atoms with Gasteiger partial charge in [-0.3, -0.25) is 4.79 Å². The lowest BCUT2D eigenvalue weighted by molar-refractivity contribution is -0.0230. The lowest BCUT2D eigenvalue weighted by Crippen LogP contribution is -2.42. The molecule has 1 unspecified atom stereocenters. The summed E-state index contributed by atoms with van der Waals surface area (Å²) < 4.78 is 5.86. The summed E-state index contributed by atoms with van der Waals surface area (Å²) >= 11 is 5.96. The van der Waals surface area contributed by atoms with Crippen LogP contribution in [0.1, 0.15) is 27.7 Å². The number of rotatable bonds is 2. The highest BCUT2D eigenvalue weighted by molar-refractivity contribution is 6.30. The Labute approximate surface area is 151 Å². The fraction of sp³-hybridized carbons (Fsp3) is 0.250. The number of halogens is 1. The standard InChI is InChI=1S/C20H19ClN2O2/c1-13-16-4-2-3-5-17(16)22-19(13)20(24)23-10-11-25-18(12-23)14-6-8-15(21)9-7-14/h2-9,18,22H,10-12H2,1H3. The zero-order chi connectivity index (χ0) is 17.4. The number of hydrogen-bond acceptors (Lipinski definition) is 2. The number of carbonyl (C=O) groups excluding carboxylic acids is 1. The highest BCUT2D eigenvalue weighted by Gasteiger charge is 2.28. The Morgan fingerprint density at radius 1 is 1.20 bits per heavy atom. The highest BCUT2D eigenvalue weighted by atomic mass is 35.5. The van der Waals surface area contributed by atoms with Crippen molar-refractivity contribution in [2.75, 3.05) is 19.7 Å². The van der Waals surface area contributed by atoms with E-state index in [1.165, 1.54) is 0 Å². The molecule has 0 aliphatic carbocycles. The molecular weight excluding hydrogens is 336 g/mol. The van der Waals surface area contributed by atoms with E-state index in [1.54, 1.807) is 0 Å². The topological polar surface area (TPSA) is 45.3 Å². The predicted octanol–water partition coefficient (Wildman–Crippen LogP) is 4.34. The quantitative estimate of drug-likeness (QED) is 0.743. The largest absolute Gasteiger partial charge is 0.370 e. The van der Waals surface area contributed by atoms with Crippen LogP contribution in [0.4, 0.5) is 0 Å². The van der Waals surface area contributed by atoms with E-state index >= 15 is 0 Å². The SMILES string of the molecule is Cc1c(C(=O)N2CCOC(c3ccc(Cl)cc3)C2)[nH]c2ccccc12. The number of amides is 1. The fourth-order valence-corrected chi connectivity index (χ4v) is 3.49. The molecule has 1 aliphatic heterocycles. The van der Waals surface area contributed by atoms with Gasteiger partial charge < -0.3 is 14.6 Å². The van der Waals surface area contributed by atoms with E-state index in [-0.39, 0.29) is 12.0 Å². The molecule has 0 bridgehead atoms. The van der Waals surface area contributed by atoms with Gasteiger partial charge >= 0.3 is 0 Å². The number of aryl methyl sites for hydroxylation is 1. The number of ether oxygens (including phenoxy) is 1. The molecule has 0 radical (unpaired) electrons. The Morgan fingerprint density at radius 3 is 2.72 bits per heavy atom. The zero-order valence-electron chi connectivity index (χ0n) is 14.0. The van der Waals surface area contributed by atoms with Crippen LogP contribution in [0.25, 0.3) is 10.9 Å². The van der Waals surface area contributed by atoms with Crippen molar-refractivity contribution in [2.24, 2.45) is 0 Å². The van der Waals surface area contributed by atoms with Gasteiger partial charge in [0.15, 0.2) is 0 Å². The maximum atomic E-state index is 13.0. The van der Waals surface area contributed by atoms with Crippen molar-refractivity contribution in [3.63, 3.8) is 0 Å². The van der Waals surface area contributed by atoms with E-state index in [2.05, 4.69) is 4.98 Å². The molecule has 1 atom stereocenters. The molecule has 3 aromatic rings. The average molecular weight is 355 g/mol. The van der Waals surface area contributed by atoms with Crippen LogP contribution in [0.15, 0.2) is 48.5 Å². The minimum Gasteiger partial charge on any atom is -0.370 e. The number of para-hydroxylation sites is 1. The first kappa shape index (κ1) is 16.2. The van der Waals surface area contributed by atoms with Crippen molar-refractivity contribution < 1.29 is 9.53 Å². The maximum absolute atomic E-state index is 13.0. The second kappa shape index (κ2) is 6.54. The normalized spacial score (nSPS) is 17.8. The lowest BCUT2D eigenvalue weighted by atomic mass is 10.1. The number of fused-ring (bicyclic) bond motifs is 1. The predicted molar refractivity (Wildman–Crippen MR) is 99.1 cm³/mol. The maximum Gasteiger partial charge on any atom is 0.270 e. The van der Waals surface area contributed by atoms with Crippen LogP contribution in [0.5, 0.6) is 0 Å². The van der Waals surface area contributed by atoms with Gasteiger partial charge in [0.25, 0.3) is 5.91 Å². The van der Waals surface area contributed by atoms with Crippen molar-refractivity contribution in [2.45, 2.75) is 13.0 Å². The molecule has 1 amide bonds. The van der Waals surface area contributed by atoms with Crippen LogP contribution in [0.3, 0.4) is 0 Å². The molecule has 0 spiro atoms. The van der Waals surface area contributed by atoms with E-state index in [0.717, 1.165) is 22.0 Å². The van der Waals surface area contributed by atoms with Gasteiger partial charge in [0.2, 0.25) is 0 Å². The van der Waals surface area contributed by atoms with Gasteiger partial charge in [0, 0.05) is 22.5 Å². The van der Waals surface area contributed by atoms with Gasteiger partial charge in [0.05, 0.1) is 13.2 Å². The van der Waals surface area contributed by atoms with Crippen LogP contribution in [0, 0.1) is 6.92 Å². The summed E-state index contributed by atoms with van der Waals surface area (Å²) in [4.78, 5) is 18.2. The first-order valence-corrected chi connectivity index (χ1v) is 8.75. The third-order valence-electron chi connectivity index (χ3n) is 4.78. The third-order valence-corrected chi connectivity index (χ3v) is 5.03. The Morgan fingerprint density at radius 2 is 1.96 bits per heavy atom. The van der Waals surface area contributed by atoms with Crippen LogP contribution in [-0.2, 0) is 4.74 Å². The molecule has 1 aliphatic rings. The summed E-state index contributed by atoms with van der Waals surface area (Å²) in [5.74, 6) is 0.0240. The molecule has 25 heavy (non-hydrogen) atoms. The third kappa shape index (κ3) is 3.03. The van der Waals surface area contributed by atoms with E-state index < -0.39 is 0 Å². The average Bonchev–Trinajstić information content (AvgIpc) is 2.99. The summed E-state index contributed by atoms with van der Waals surface area (Å²) in [7, 11) is 0. The van der Waals surface area contributed by atoms with Crippen molar-refractivity contribution in [1.29, 1.82) is 0 Å². The Kier molecular flexibility index (Phi) is 4.24. The van der Waals surface area contributed by atoms with Crippen LogP contribution in [0.2, 0.25) is 5.02 Å². The first-order valence-electron chi connectivity index (χ1n) is 8.37. The van der Waals surface area contributed by atoms with E-state index in [1.807, 2.05) is 60.4 Å². The Balaban J connectivity index is 1.59. The summed E-state index contributed by atoms with van der Waals surface area (Å²) in [5.41, 5.74) is 3.69. The van der Waals surface area contributed by atoms with E-state index in [9.17, 15) is 4.79 Å². The number of morpholine rings is 1. The number of nitrogens with zero attached hydrogens (tertiary/aromatic N) is 1. The van der Waals surface area contributed by atoms with Crippen LogP contribution >= 0.6 is 11.6 Å². The molecule has 4 nitrogen and oxygen atoms in total. The lowest BCUT2D eigenvalue weighted by Gasteiger charge is -2.33. The molecule has 5 heteroatoms. The molecule has 2 heterocycles. The minimum absolute atomic E-state index is 0.0240. The molecule has 4 rings (SSSR count). The number of H-pyrrole nitrogens is 1. The van der Waals surface area contributed by atoms with Gasteiger partial charge in [-0.1, -0.05) is 41.9 Å². The smallest absolute Gasteiger partial charge is 0.270 e. The number of aromatic amines is 1. The molecule has 1 saturated heterocycles. The summed E-state index contributed by atoms with van der Waals surface area (Å²) in [5, 5.41) is 1.79. The molecule has 1 aromatic heterocycles. The Bertz CT molecular complexity index is 917. The highest BCUT2D eigenvalue weighted by Crippen LogP contribution is 2.27. The second-order valence-corrected chi connectivity index (χ2v) is 6.77. The Hall–Kier alpha value is -2.30. The van der Waals surface area contributed by atoms with Gasteiger partial charge in [-0.2, -0.15) is 0 Å². The van der Waals surface area contributed by atoms with Crippen molar-refractivity contribution >= 4 is 28.4 Å². The van der Waals surface area contributed by atoms with Crippen molar-refractivity contribution in [3.8, 4) is 0 Å². The fourth-order valence-electron chi connectivity index (χ4n) is 3.37. The first-order chi connectivity index (χ1) is 12.1. The summed E-state index contributed by atoms with van der Waals surface area (Å²) in [6.45, 7) is 3.65. The monoisotopic (exact) mass is 354 g/mol. The number of carbonyl (C=O) groups is 1. The van der Waals surface area contributed by atoms with E-state index in [4.69, 9.17) is 16.3 Å². The van der Waals surface area contributed by atoms with E-state index in [0.29, 0.717) is 30.4 Å². The number of benzene rings is 2. The van der Waals surface area contributed by atoms with Gasteiger partial charge in [-0.25, -0.2) is 0 Å². The molecule has 1 fully saturated rings. The van der Waals surface area contributed by atoms with Gasteiger partial charge in [-0.05, 0) is 36.2 Å². The molecule has 128 valence electrons. The van der Waals surface area contributed by atoms with Crippen molar-refractivity contribution in [3.05, 3.63) is 70.4 Å².